The van der Waals surface area contributed by atoms with Crippen LogP contribution in [0.5, 0.6) is 0 Å². The quantitative estimate of drug-likeness (QED) is 0.731. The van der Waals surface area contributed by atoms with Gasteiger partial charge in [-0.25, -0.2) is 4.99 Å². The van der Waals surface area contributed by atoms with Crippen LogP contribution >= 0.6 is 15.9 Å². The van der Waals surface area contributed by atoms with Gasteiger partial charge in [-0.2, -0.15) is 0 Å². The van der Waals surface area contributed by atoms with E-state index in [2.05, 4.69) is 37.5 Å². The van der Waals surface area contributed by atoms with Crippen molar-refractivity contribution in [2.24, 2.45) is 10.7 Å². The molecule has 1 aliphatic rings. The molecule has 0 amide bonds. The molecule has 0 aliphatic carbocycles. The normalized spacial score (nSPS) is 19.4. The summed E-state index contributed by atoms with van der Waals surface area (Å²) in [5.41, 5.74) is 8.09. The van der Waals surface area contributed by atoms with Gasteiger partial charge in [0.1, 0.15) is 5.82 Å². The first kappa shape index (κ1) is 15.3. The lowest BCUT2D eigenvalue weighted by atomic mass is 10.00. The van der Waals surface area contributed by atoms with Gasteiger partial charge < -0.3 is 10.6 Å². The molecule has 1 heterocycles. The molecule has 114 valence electrons. The number of nitrogens with one attached hydrogen (secondary N) is 2. The number of nitrogens with zero attached hydrogens (tertiary/aromatic N) is 1. The van der Waals surface area contributed by atoms with Gasteiger partial charge in [-0.3, -0.25) is 5.73 Å². The summed E-state index contributed by atoms with van der Waals surface area (Å²) in [7, 11) is 0. The van der Waals surface area contributed by atoms with Crippen LogP contribution < -0.4 is 16.4 Å². The smallest absolute Gasteiger partial charge is 0.158 e. The second kappa shape index (κ2) is 6.29. The molecular formula is C18H15BrN4. The fourth-order valence-electron chi connectivity index (χ4n) is 2.32. The molecule has 3 rings (SSSR count). The second-order valence-corrected chi connectivity index (χ2v) is 6.06. The van der Waals surface area contributed by atoms with E-state index in [1.807, 2.05) is 54.6 Å². The van der Waals surface area contributed by atoms with Gasteiger partial charge in [0.05, 0.1) is 6.34 Å². The molecule has 0 bridgehead atoms. The predicted octanol–water partition coefficient (Wildman–Crippen LogP) is 3.13. The summed E-state index contributed by atoms with van der Waals surface area (Å²) in [6.07, 6.45) is 8.87. The maximum absolute atomic E-state index is 6.44. The standard InChI is InChI=1S/C18H15BrN4/c1-2-13-5-3-8-16(9-13)23-17-11-18(20,22-12-21-17)14-6-4-7-15(19)10-14/h1,3-12,23H,20H2,(H,21,22). The Morgan fingerprint density at radius 3 is 2.83 bits per heavy atom. The van der Waals surface area contributed by atoms with Crippen LogP contribution in [0.4, 0.5) is 5.69 Å². The van der Waals surface area contributed by atoms with Gasteiger partial charge >= 0.3 is 0 Å². The van der Waals surface area contributed by atoms with E-state index in [1.54, 1.807) is 6.34 Å². The fourth-order valence-corrected chi connectivity index (χ4v) is 2.72. The van der Waals surface area contributed by atoms with Crippen molar-refractivity contribution in [3.05, 3.63) is 76.0 Å². The third kappa shape index (κ3) is 3.45. The number of rotatable bonds is 3. The first-order chi connectivity index (χ1) is 11.1. The van der Waals surface area contributed by atoms with Gasteiger partial charge in [-0.1, -0.05) is 40.0 Å². The average Bonchev–Trinajstić information content (AvgIpc) is 2.55. The van der Waals surface area contributed by atoms with Crippen molar-refractivity contribution in [3.63, 3.8) is 0 Å². The Bertz CT molecular complexity index is 835. The zero-order valence-corrected chi connectivity index (χ0v) is 13.8. The van der Waals surface area contributed by atoms with Crippen molar-refractivity contribution in [1.82, 2.24) is 5.32 Å². The highest BCUT2D eigenvalue weighted by Gasteiger charge is 2.26. The van der Waals surface area contributed by atoms with Crippen molar-refractivity contribution < 1.29 is 0 Å². The number of terminal acetylenes is 1. The van der Waals surface area contributed by atoms with Gasteiger partial charge in [-0.15, -0.1) is 6.42 Å². The van der Waals surface area contributed by atoms with Crippen LogP contribution in [0.25, 0.3) is 0 Å². The van der Waals surface area contributed by atoms with Crippen molar-refractivity contribution in [3.8, 4) is 12.3 Å². The van der Waals surface area contributed by atoms with E-state index >= 15 is 0 Å². The van der Waals surface area contributed by atoms with Crippen LogP contribution in [-0.2, 0) is 5.66 Å². The predicted molar refractivity (Wildman–Crippen MR) is 97.7 cm³/mol. The van der Waals surface area contributed by atoms with Crippen LogP contribution in [0.1, 0.15) is 11.1 Å². The largest absolute Gasteiger partial charge is 0.342 e. The first-order valence-electron chi connectivity index (χ1n) is 7.01. The number of hydrogen-bond acceptors (Lipinski definition) is 4. The number of halogens is 1. The minimum Gasteiger partial charge on any atom is -0.342 e. The summed E-state index contributed by atoms with van der Waals surface area (Å²) >= 11 is 3.46. The Hall–Kier alpha value is -2.55. The van der Waals surface area contributed by atoms with Gasteiger partial charge in [0.15, 0.2) is 5.66 Å². The summed E-state index contributed by atoms with van der Waals surface area (Å²) in [4.78, 5) is 4.37. The SMILES string of the molecule is C#Cc1cccc(NC2=CC(N)(c3cccc(Br)c3)N=CN2)c1. The molecule has 4 nitrogen and oxygen atoms in total. The first-order valence-corrected chi connectivity index (χ1v) is 7.80. The monoisotopic (exact) mass is 366 g/mol. The molecule has 1 unspecified atom stereocenters. The summed E-state index contributed by atoms with van der Waals surface area (Å²) in [6, 6.07) is 15.4. The van der Waals surface area contributed by atoms with Crippen molar-refractivity contribution in [1.29, 1.82) is 0 Å². The highest BCUT2D eigenvalue weighted by molar-refractivity contribution is 9.10. The lowest BCUT2D eigenvalue weighted by molar-refractivity contribution is 0.580. The van der Waals surface area contributed by atoms with E-state index < -0.39 is 5.66 Å². The molecule has 0 saturated heterocycles. The maximum Gasteiger partial charge on any atom is 0.158 e. The molecule has 23 heavy (non-hydrogen) atoms. The topological polar surface area (TPSA) is 62.4 Å². The number of aliphatic imine (C=N–C) groups is 1. The maximum atomic E-state index is 6.44. The van der Waals surface area contributed by atoms with Gasteiger partial charge in [-0.05, 0) is 35.9 Å². The Morgan fingerprint density at radius 1 is 1.22 bits per heavy atom. The second-order valence-electron chi connectivity index (χ2n) is 5.15. The molecule has 0 fully saturated rings. The zero-order valence-electron chi connectivity index (χ0n) is 12.3. The molecule has 5 heteroatoms. The van der Waals surface area contributed by atoms with Crippen molar-refractivity contribution in [2.75, 3.05) is 5.32 Å². The number of anilines is 1. The van der Waals surface area contributed by atoms with Crippen LogP contribution in [0, 0.1) is 12.3 Å². The molecule has 0 aromatic heterocycles. The lowest BCUT2D eigenvalue weighted by Crippen LogP contribution is -2.39. The molecule has 2 aromatic rings. The molecule has 1 aliphatic heterocycles. The zero-order chi connectivity index (χ0) is 16.3. The molecule has 4 N–H and O–H groups in total. The number of nitrogens with two attached hydrogens (primary N) is 1. The molecular weight excluding hydrogens is 352 g/mol. The summed E-state index contributed by atoms with van der Waals surface area (Å²) in [6.45, 7) is 0. The Labute approximate surface area is 143 Å². The van der Waals surface area contributed by atoms with Crippen LogP contribution in [-0.4, -0.2) is 6.34 Å². The third-order valence-electron chi connectivity index (χ3n) is 3.46. The van der Waals surface area contributed by atoms with E-state index in [0.717, 1.165) is 27.1 Å². The summed E-state index contributed by atoms with van der Waals surface area (Å²) < 4.78 is 0.957. The number of benzene rings is 2. The van der Waals surface area contributed by atoms with E-state index in [4.69, 9.17) is 12.2 Å². The minimum atomic E-state index is -0.929. The Balaban J connectivity index is 1.89. The minimum absolute atomic E-state index is 0.747. The van der Waals surface area contributed by atoms with Gasteiger partial charge in [0.25, 0.3) is 0 Å². The Kier molecular flexibility index (Phi) is 4.20. The van der Waals surface area contributed by atoms with Crippen LogP contribution in [0.15, 0.2) is 69.9 Å². The molecule has 0 radical (unpaired) electrons. The highest BCUT2D eigenvalue weighted by Crippen LogP contribution is 2.27. The van der Waals surface area contributed by atoms with E-state index in [-0.39, 0.29) is 0 Å². The average molecular weight is 367 g/mol. The third-order valence-corrected chi connectivity index (χ3v) is 3.95. The molecule has 0 saturated carbocycles. The van der Waals surface area contributed by atoms with E-state index in [1.165, 1.54) is 0 Å². The summed E-state index contributed by atoms with van der Waals surface area (Å²) in [5, 5.41) is 6.33. The van der Waals surface area contributed by atoms with Gasteiger partial charge in [0, 0.05) is 21.8 Å². The Morgan fingerprint density at radius 2 is 2.04 bits per heavy atom. The molecule has 2 aromatic carbocycles. The molecule has 0 spiro atoms. The fraction of sp³-hybridized carbons (Fsp3) is 0.0556. The van der Waals surface area contributed by atoms with Crippen LogP contribution in [0.3, 0.4) is 0 Å². The van der Waals surface area contributed by atoms with Crippen LogP contribution in [0.2, 0.25) is 0 Å². The lowest BCUT2D eigenvalue weighted by Gasteiger charge is -2.27. The highest BCUT2D eigenvalue weighted by atomic mass is 79.9. The van der Waals surface area contributed by atoms with Crippen molar-refractivity contribution in [2.45, 2.75) is 5.66 Å². The van der Waals surface area contributed by atoms with E-state index in [9.17, 15) is 0 Å². The van der Waals surface area contributed by atoms with Gasteiger partial charge in [0.2, 0.25) is 0 Å². The summed E-state index contributed by atoms with van der Waals surface area (Å²) in [5.74, 6) is 3.36. The number of hydrogen-bond donors (Lipinski definition) is 3. The van der Waals surface area contributed by atoms with E-state index in [0.29, 0.717) is 0 Å². The molecule has 1 atom stereocenters. The van der Waals surface area contributed by atoms with Crippen molar-refractivity contribution >= 4 is 28.0 Å².